The van der Waals surface area contributed by atoms with Crippen molar-refractivity contribution in [1.82, 2.24) is 20.1 Å². The number of aromatic nitrogens is 3. The molecule has 4 rings (SSSR count). The Bertz CT molecular complexity index is 1210. The third-order valence-corrected chi connectivity index (χ3v) is 6.21. The number of amides is 1. The fraction of sp³-hybridized carbons (Fsp3) is 0.192. The quantitative estimate of drug-likeness (QED) is 0.367. The Morgan fingerprint density at radius 3 is 2.36 bits per heavy atom. The Balaban J connectivity index is 1.57. The maximum atomic E-state index is 12.6. The minimum atomic E-state index is -0.0677. The highest BCUT2D eigenvalue weighted by Gasteiger charge is 2.18. The van der Waals surface area contributed by atoms with E-state index in [1.165, 1.54) is 17.3 Å². The fourth-order valence-electron chi connectivity index (χ4n) is 3.46. The molecule has 0 aliphatic rings. The number of aryl methyl sites for hydroxylation is 1. The molecule has 0 fully saturated rings. The summed E-state index contributed by atoms with van der Waals surface area (Å²) in [6, 6.07) is 25.7. The average molecular weight is 459 g/mol. The van der Waals surface area contributed by atoms with Crippen molar-refractivity contribution in [2.45, 2.75) is 25.0 Å². The Kier molecular flexibility index (Phi) is 7.10. The minimum Gasteiger partial charge on any atom is -0.497 e. The first-order valence-corrected chi connectivity index (χ1v) is 11.7. The molecule has 168 valence electrons. The van der Waals surface area contributed by atoms with Gasteiger partial charge in [0.1, 0.15) is 5.75 Å². The molecule has 0 spiro atoms. The number of hydrogen-bond acceptors (Lipinski definition) is 5. The van der Waals surface area contributed by atoms with Gasteiger partial charge >= 0.3 is 0 Å². The topological polar surface area (TPSA) is 69.0 Å². The van der Waals surface area contributed by atoms with Gasteiger partial charge in [-0.15, -0.1) is 10.2 Å². The molecule has 0 radical (unpaired) electrons. The number of ether oxygens (including phenoxy) is 1. The number of benzene rings is 3. The number of rotatable bonds is 8. The lowest BCUT2D eigenvalue weighted by Crippen LogP contribution is -2.28. The molecular weight excluding hydrogens is 432 g/mol. The maximum Gasteiger partial charge on any atom is 0.230 e. The first-order chi connectivity index (χ1) is 16.0. The smallest absolute Gasteiger partial charge is 0.230 e. The van der Waals surface area contributed by atoms with Gasteiger partial charge in [-0.25, -0.2) is 0 Å². The van der Waals surface area contributed by atoms with Crippen LogP contribution in [0.4, 0.5) is 0 Å². The van der Waals surface area contributed by atoms with E-state index in [1.807, 2.05) is 97.3 Å². The van der Waals surface area contributed by atoms with Crippen LogP contribution in [0, 0.1) is 6.92 Å². The highest BCUT2D eigenvalue weighted by Crippen LogP contribution is 2.29. The number of thioether (sulfide) groups is 1. The zero-order valence-electron chi connectivity index (χ0n) is 18.9. The molecule has 1 aromatic heterocycles. The highest BCUT2D eigenvalue weighted by atomic mass is 32.2. The SMILES string of the molecule is COc1ccc(-n2c(SCC(=O)NC(C)c3ccccc3)nnc2-c2ccc(C)cc2)cc1. The Labute approximate surface area is 198 Å². The van der Waals surface area contributed by atoms with Crippen molar-refractivity contribution < 1.29 is 9.53 Å². The van der Waals surface area contributed by atoms with Crippen molar-refractivity contribution >= 4 is 17.7 Å². The first-order valence-electron chi connectivity index (χ1n) is 10.7. The highest BCUT2D eigenvalue weighted by molar-refractivity contribution is 7.99. The third kappa shape index (κ3) is 5.43. The summed E-state index contributed by atoms with van der Waals surface area (Å²) in [4.78, 5) is 12.6. The van der Waals surface area contributed by atoms with Gasteiger partial charge in [-0.3, -0.25) is 9.36 Å². The summed E-state index contributed by atoms with van der Waals surface area (Å²) in [5.74, 6) is 1.67. The van der Waals surface area contributed by atoms with Crippen molar-refractivity contribution in [2.24, 2.45) is 0 Å². The second-order valence-electron chi connectivity index (χ2n) is 7.69. The van der Waals surface area contributed by atoms with Crippen LogP contribution in [0.1, 0.15) is 24.1 Å². The van der Waals surface area contributed by atoms with E-state index in [4.69, 9.17) is 4.74 Å². The second-order valence-corrected chi connectivity index (χ2v) is 8.64. The van der Waals surface area contributed by atoms with Crippen LogP contribution in [-0.2, 0) is 4.79 Å². The number of methoxy groups -OCH3 is 1. The van der Waals surface area contributed by atoms with Crippen LogP contribution in [0.15, 0.2) is 84.0 Å². The van der Waals surface area contributed by atoms with Gasteiger partial charge in [-0.2, -0.15) is 0 Å². The first kappa shape index (κ1) is 22.6. The molecule has 0 saturated heterocycles. The van der Waals surface area contributed by atoms with Crippen LogP contribution in [0.2, 0.25) is 0 Å². The fourth-order valence-corrected chi connectivity index (χ4v) is 4.22. The van der Waals surface area contributed by atoms with E-state index in [0.717, 1.165) is 28.4 Å². The number of nitrogens with one attached hydrogen (secondary N) is 1. The van der Waals surface area contributed by atoms with E-state index in [-0.39, 0.29) is 17.7 Å². The molecule has 1 atom stereocenters. The molecule has 4 aromatic rings. The molecule has 0 saturated carbocycles. The molecule has 1 N–H and O–H groups in total. The molecule has 1 amide bonds. The van der Waals surface area contributed by atoms with Crippen molar-refractivity contribution in [3.05, 3.63) is 90.0 Å². The van der Waals surface area contributed by atoms with Gasteiger partial charge in [0.05, 0.1) is 18.9 Å². The van der Waals surface area contributed by atoms with E-state index >= 15 is 0 Å². The van der Waals surface area contributed by atoms with Crippen molar-refractivity contribution in [1.29, 1.82) is 0 Å². The van der Waals surface area contributed by atoms with Crippen LogP contribution < -0.4 is 10.1 Å². The lowest BCUT2D eigenvalue weighted by molar-refractivity contribution is -0.119. The Morgan fingerprint density at radius 1 is 1.00 bits per heavy atom. The van der Waals surface area contributed by atoms with E-state index in [9.17, 15) is 4.79 Å². The van der Waals surface area contributed by atoms with Crippen molar-refractivity contribution in [2.75, 3.05) is 12.9 Å². The van der Waals surface area contributed by atoms with E-state index < -0.39 is 0 Å². The van der Waals surface area contributed by atoms with Crippen LogP contribution in [0.25, 0.3) is 17.1 Å². The maximum absolute atomic E-state index is 12.6. The molecule has 33 heavy (non-hydrogen) atoms. The van der Waals surface area contributed by atoms with Crippen LogP contribution in [-0.4, -0.2) is 33.5 Å². The Morgan fingerprint density at radius 2 is 1.70 bits per heavy atom. The average Bonchev–Trinajstić information content (AvgIpc) is 3.27. The van der Waals surface area contributed by atoms with Crippen LogP contribution in [0.3, 0.4) is 0 Å². The summed E-state index contributed by atoms with van der Waals surface area (Å²) in [5.41, 5.74) is 4.10. The summed E-state index contributed by atoms with van der Waals surface area (Å²) < 4.78 is 7.27. The summed E-state index contributed by atoms with van der Waals surface area (Å²) in [7, 11) is 1.64. The van der Waals surface area contributed by atoms with E-state index in [0.29, 0.717) is 5.16 Å². The number of nitrogens with zero attached hydrogens (tertiary/aromatic N) is 3. The predicted octanol–water partition coefficient (Wildman–Crippen LogP) is 5.22. The Hall–Kier alpha value is -3.58. The molecular formula is C26H26N4O2S. The standard InChI is InChI=1S/C26H26N4O2S/c1-18-9-11-21(12-10-18)25-28-29-26(30(25)22-13-15-23(32-3)16-14-22)33-17-24(31)27-19(2)20-7-5-4-6-8-20/h4-16,19H,17H2,1-3H3,(H,27,31). The van der Waals surface area contributed by atoms with Crippen LogP contribution >= 0.6 is 11.8 Å². The molecule has 3 aromatic carbocycles. The van der Waals surface area contributed by atoms with Gasteiger partial charge in [0.2, 0.25) is 5.91 Å². The third-order valence-electron chi connectivity index (χ3n) is 5.28. The lowest BCUT2D eigenvalue weighted by atomic mass is 10.1. The molecule has 1 heterocycles. The zero-order valence-corrected chi connectivity index (χ0v) is 19.7. The van der Waals surface area contributed by atoms with Crippen molar-refractivity contribution in [3.63, 3.8) is 0 Å². The molecule has 0 bridgehead atoms. The predicted molar refractivity (Wildman–Crippen MR) is 132 cm³/mol. The monoisotopic (exact) mass is 458 g/mol. The number of hydrogen-bond donors (Lipinski definition) is 1. The summed E-state index contributed by atoms with van der Waals surface area (Å²) >= 11 is 1.36. The minimum absolute atomic E-state index is 0.0579. The van der Waals surface area contributed by atoms with Gasteiger partial charge in [0.25, 0.3) is 0 Å². The number of carbonyl (C=O) groups is 1. The summed E-state index contributed by atoms with van der Waals surface area (Å²) in [5, 5.41) is 12.6. The molecule has 7 heteroatoms. The molecule has 6 nitrogen and oxygen atoms in total. The van der Waals surface area contributed by atoms with E-state index in [2.05, 4.69) is 15.5 Å². The van der Waals surface area contributed by atoms with Gasteiger partial charge < -0.3 is 10.1 Å². The lowest BCUT2D eigenvalue weighted by Gasteiger charge is -2.14. The summed E-state index contributed by atoms with van der Waals surface area (Å²) in [6.07, 6.45) is 0. The van der Waals surface area contributed by atoms with Gasteiger partial charge in [-0.05, 0) is 43.7 Å². The normalized spacial score (nSPS) is 11.7. The summed E-state index contributed by atoms with van der Waals surface area (Å²) in [6.45, 7) is 4.03. The second kappa shape index (κ2) is 10.4. The molecule has 1 unspecified atom stereocenters. The van der Waals surface area contributed by atoms with Crippen molar-refractivity contribution in [3.8, 4) is 22.8 Å². The van der Waals surface area contributed by atoms with Gasteiger partial charge in [0, 0.05) is 11.3 Å². The number of carbonyl (C=O) groups excluding carboxylic acids is 1. The molecule has 0 aliphatic heterocycles. The van der Waals surface area contributed by atoms with Gasteiger partial charge in [-0.1, -0.05) is 71.9 Å². The zero-order chi connectivity index (χ0) is 23.2. The van der Waals surface area contributed by atoms with Gasteiger partial charge in [0.15, 0.2) is 11.0 Å². The molecule has 0 aliphatic carbocycles. The van der Waals surface area contributed by atoms with E-state index in [1.54, 1.807) is 7.11 Å². The van der Waals surface area contributed by atoms with Crippen LogP contribution in [0.5, 0.6) is 5.75 Å². The largest absolute Gasteiger partial charge is 0.497 e.